The molecule has 3 rings (SSSR count). The molecule has 0 radical (unpaired) electrons. The summed E-state index contributed by atoms with van der Waals surface area (Å²) in [6.07, 6.45) is -0.0404. The summed E-state index contributed by atoms with van der Waals surface area (Å²) in [5, 5.41) is 17.9. The first-order valence-corrected chi connectivity index (χ1v) is 11.2. The van der Waals surface area contributed by atoms with Crippen molar-refractivity contribution in [3.8, 4) is 5.69 Å². The summed E-state index contributed by atoms with van der Waals surface area (Å²) in [6, 6.07) is 10.3. The summed E-state index contributed by atoms with van der Waals surface area (Å²) in [7, 11) is -3.26. The van der Waals surface area contributed by atoms with Crippen LogP contribution in [0.15, 0.2) is 36.4 Å². The monoisotopic (exact) mass is 416 g/mol. The lowest BCUT2D eigenvalue weighted by Gasteiger charge is -2.16. The molecule has 0 aliphatic heterocycles. The largest absolute Gasteiger partial charge is 0.480 e. The average Bonchev–Trinajstić information content (AvgIpc) is 3.02. The van der Waals surface area contributed by atoms with Gasteiger partial charge in [0.2, 0.25) is 0 Å². The molecule has 2 aromatic heterocycles. The molecule has 1 atom stereocenters. The van der Waals surface area contributed by atoms with E-state index in [1.54, 1.807) is 17.7 Å². The Labute approximate surface area is 169 Å². The van der Waals surface area contributed by atoms with Gasteiger partial charge in [-0.3, -0.25) is 0 Å². The molecular formula is C20H24N4O4S. The first kappa shape index (κ1) is 20.8. The Kier molecular flexibility index (Phi) is 5.88. The van der Waals surface area contributed by atoms with E-state index in [0.717, 1.165) is 22.3 Å². The highest BCUT2D eigenvalue weighted by Gasteiger charge is 2.22. The molecule has 8 nitrogen and oxygen atoms in total. The van der Waals surface area contributed by atoms with Gasteiger partial charge in [0.1, 0.15) is 21.7 Å². The van der Waals surface area contributed by atoms with Gasteiger partial charge in [-0.25, -0.2) is 22.9 Å². The maximum absolute atomic E-state index is 11.8. The molecule has 1 unspecified atom stereocenters. The van der Waals surface area contributed by atoms with Gasteiger partial charge < -0.3 is 10.4 Å². The molecule has 29 heavy (non-hydrogen) atoms. The number of pyridine rings is 1. The zero-order valence-electron chi connectivity index (χ0n) is 16.6. The summed E-state index contributed by atoms with van der Waals surface area (Å²) < 4.78 is 25.3. The van der Waals surface area contributed by atoms with Crippen LogP contribution in [-0.2, 0) is 14.6 Å². The molecule has 0 saturated heterocycles. The number of hydrogen-bond donors (Lipinski definition) is 2. The number of aliphatic carboxylic acids is 1. The Hall–Kier alpha value is -2.94. The zero-order chi connectivity index (χ0) is 21.2. The topological polar surface area (TPSA) is 114 Å². The zero-order valence-corrected chi connectivity index (χ0v) is 17.4. The van der Waals surface area contributed by atoms with Crippen molar-refractivity contribution in [2.75, 3.05) is 16.8 Å². The van der Waals surface area contributed by atoms with Gasteiger partial charge in [0.15, 0.2) is 5.65 Å². The minimum Gasteiger partial charge on any atom is -0.480 e. The molecule has 1 aromatic carbocycles. The molecule has 2 heterocycles. The normalized spacial score (nSPS) is 12.8. The lowest BCUT2D eigenvalue weighted by molar-refractivity contribution is -0.137. The summed E-state index contributed by atoms with van der Waals surface area (Å²) >= 11 is 0. The highest BCUT2D eigenvalue weighted by atomic mass is 32.2. The Morgan fingerprint density at radius 3 is 2.55 bits per heavy atom. The van der Waals surface area contributed by atoms with Crippen molar-refractivity contribution < 1.29 is 18.3 Å². The molecule has 0 saturated carbocycles. The molecule has 0 amide bonds. The molecule has 0 aliphatic carbocycles. The second-order valence-electron chi connectivity index (χ2n) is 6.92. The molecular weight excluding hydrogens is 392 g/mol. The third-order valence-electron chi connectivity index (χ3n) is 4.79. The predicted molar refractivity (Wildman–Crippen MR) is 112 cm³/mol. The van der Waals surface area contributed by atoms with E-state index in [1.165, 1.54) is 0 Å². The van der Waals surface area contributed by atoms with Gasteiger partial charge in [-0.15, -0.1) is 0 Å². The van der Waals surface area contributed by atoms with E-state index >= 15 is 0 Å². The van der Waals surface area contributed by atoms with Crippen LogP contribution in [0.5, 0.6) is 0 Å². The maximum atomic E-state index is 11.8. The molecule has 154 valence electrons. The average molecular weight is 417 g/mol. The number of fused-ring (bicyclic) bond motifs is 1. The van der Waals surface area contributed by atoms with Crippen molar-refractivity contribution in [2.45, 2.75) is 33.2 Å². The highest BCUT2D eigenvalue weighted by Crippen LogP contribution is 2.26. The third kappa shape index (κ3) is 4.56. The lowest BCUT2D eigenvalue weighted by atomic mass is 10.1. The second-order valence-corrected chi connectivity index (χ2v) is 9.39. The van der Waals surface area contributed by atoms with Crippen LogP contribution in [0.25, 0.3) is 16.7 Å². The van der Waals surface area contributed by atoms with Gasteiger partial charge >= 0.3 is 5.97 Å². The lowest BCUT2D eigenvalue weighted by Crippen LogP contribution is -2.32. The molecule has 2 N–H and O–H groups in total. The first-order valence-electron chi connectivity index (χ1n) is 9.34. The van der Waals surface area contributed by atoms with Gasteiger partial charge in [-0.1, -0.05) is 25.1 Å². The Bertz CT molecular complexity index is 1140. The fraction of sp³-hybridized carbons (Fsp3) is 0.350. The molecule has 0 spiro atoms. The summed E-state index contributed by atoms with van der Waals surface area (Å²) in [6.45, 7) is 5.36. The van der Waals surface area contributed by atoms with Crippen LogP contribution in [0.2, 0.25) is 0 Å². The number of aryl methyl sites for hydroxylation is 2. The van der Waals surface area contributed by atoms with Crippen molar-refractivity contribution in [3.63, 3.8) is 0 Å². The summed E-state index contributed by atoms with van der Waals surface area (Å²) in [5.74, 6) is -0.967. The quantitative estimate of drug-likeness (QED) is 0.580. The van der Waals surface area contributed by atoms with Gasteiger partial charge in [0.05, 0.1) is 17.1 Å². The second kappa shape index (κ2) is 8.20. The van der Waals surface area contributed by atoms with Gasteiger partial charge in [-0.05, 0) is 44.0 Å². The number of rotatable bonds is 8. The molecule has 3 aromatic rings. The molecule has 0 bridgehead atoms. The van der Waals surface area contributed by atoms with Crippen molar-refractivity contribution >= 4 is 32.7 Å². The number of nitrogens with one attached hydrogen (secondary N) is 1. The van der Waals surface area contributed by atoms with Crippen LogP contribution in [0.4, 0.5) is 5.82 Å². The van der Waals surface area contributed by atoms with E-state index in [-0.39, 0.29) is 17.9 Å². The standard InChI is InChI=1S/C20H24N4O4S/c1-4-29(27,28)11-10-16(20(25)26)21-17-12-13(2)18-14(3)23-24(19(18)22-17)15-8-6-5-7-9-15/h5-9,12,16H,4,10-11H2,1-3H3,(H,21,22)(H,25,26). The van der Waals surface area contributed by atoms with E-state index in [1.807, 2.05) is 44.2 Å². The third-order valence-corrected chi connectivity index (χ3v) is 6.53. The SMILES string of the molecule is CCS(=O)(=O)CCC(Nc1cc(C)c2c(C)nn(-c3ccccc3)c2n1)C(=O)O. The number of anilines is 1. The fourth-order valence-electron chi connectivity index (χ4n) is 3.20. The summed E-state index contributed by atoms with van der Waals surface area (Å²) in [5.41, 5.74) is 3.19. The van der Waals surface area contributed by atoms with Crippen LogP contribution in [0.3, 0.4) is 0 Å². The smallest absolute Gasteiger partial charge is 0.326 e. The Morgan fingerprint density at radius 1 is 1.24 bits per heavy atom. The fourth-order valence-corrected chi connectivity index (χ4v) is 4.09. The number of carboxylic acid groups (broad SMARTS) is 1. The predicted octanol–water partition coefficient (Wildman–Crippen LogP) is 2.73. The van der Waals surface area contributed by atoms with Crippen LogP contribution in [0, 0.1) is 13.8 Å². The van der Waals surface area contributed by atoms with E-state index in [0.29, 0.717) is 11.5 Å². The van der Waals surface area contributed by atoms with E-state index in [9.17, 15) is 18.3 Å². The van der Waals surface area contributed by atoms with E-state index in [2.05, 4.69) is 15.4 Å². The van der Waals surface area contributed by atoms with E-state index in [4.69, 9.17) is 0 Å². The Balaban J connectivity index is 1.98. The highest BCUT2D eigenvalue weighted by molar-refractivity contribution is 7.91. The maximum Gasteiger partial charge on any atom is 0.326 e. The van der Waals surface area contributed by atoms with Gasteiger partial charge in [0, 0.05) is 11.1 Å². The summed E-state index contributed by atoms with van der Waals surface area (Å²) in [4.78, 5) is 16.2. The number of aromatic nitrogens is 3. The van der Waals surface area contributed by atoms with Crippen LogP contribution >= 0.6 is 0 Å². The number of benzene rings is 1. The minimum absolute atomic E-state index is 0.0157. The minimum atomic E-state index is -3.26. The van der Waals surface area contributed by atoms with Crippen LogP contribution < -0.4 is 5.32 Å². The first-order chi connectivity index (χ1) is 13.7. The van der Waals surface area contributed by atoms with Crippen LogP contribution in [-0.4, -0.2) is 51.8 Å². The number of nitrogens with zero attached hydrogens (tertiary/aromatic N) is 3. The number of para-hydroxylation sites is 1. The van der Waals surface area contributed by atoms with Gasteiger partial charge in [0.25, 0.3) is 0 Å². The molecule has 9 heteroatoms. The van der Waals surface area contributed by atoms with E-state index < -0.39 is 21.8 Å². The van der Waals surface area contributed by atoms with Crippen molar-refractivity contribution in [1.82, 2.24) is 14.8 Å². The van der Waals surface area contributed by atoms with Gasteiger partial charge in [-0.2, -0.15) is 5.10 Å². The van der Waals surface area contributed by atoms with Crippen molar-refractivity contribution in [3.05, 3.63) is 47.7 Å². The van der Waals surface area contributed by atoms with Crippen LogP contribution in [0.1, 0.15) is 24.6 Å². The number of sulfone groups is 1. The Morgan fingerprint density at radius 2 is 1.93 bits per heavy atom. The number of carboxylic acids is 1. The number of hydrogen-bond acceptors (Lipinski definition) is 6. The number of carbonyl (C=O) groups is 1. The molecule has 0 aliphatic rings. The van der Waals surface area contributed by atoms with Crippen molar-refractivity contribution in [2.24, 2.45) is 0 Å². The van der Waals surface area contributed by atoms with Crippen molar-refractivity contribution in [1.29, 1.82) is 0 Å². The molecule has 0 fully saturated rings.